The van der Waals surface area contributed by atoms with E-state index >= 15 is 0 Å². The summed E-state index contributed by atoms with van der Waals surface area (Å²) in [5.74, 6) is 5.81. The zero-order valence-corrected chi connectivity index (χ0v) is 19.9. The smallest absolute Gasteiger partial charge is 0.130 e. The number of aldehydes is 1. The SMILES string of the molecule is CO.N=C(N)c1cccc(C#CCc2ccc(F)cc2)c1.NCCc1ccc(C2(C=O)CC2)cc1. The molecule has 4 rings (SSSR count). The number of carbonyl (C=O) groups excluding carboxylic acids is 1. The third-order valence-electron chi connectivity index (χ3n) is 5.59. The Labute approximate surface area is 206 Å². The molecule has 5 nitrogen and oxygen atoms in total. The van der Waals surface area contributed by atoms with Gasteiger partial charge >= 0.3 is 0 Å². The quantitative estimate of drug-likeness (QED) is 0.189. The Morgan fingerprint density at radius 3 is 2.23 bits per heavy atom. The monoisotopic (exact) mass is 473 g/mol. The van der Waals surface area contributed by atoms with Crippen molar-refractivity contribution in [3.63, 3.8) is 0 Å². The van der Waals surface area contributed by atoms with Gasteiger partial charge in [-0.2, -0.15) is 0 Å². The Hall–Kier alpha value is -3.79. The van der Waals surface area contributed by atoms with E-state index < -0.39 is 0 Å². The number of amidine groups is 1. The van der Waals surface area contributed by atoms with Gasteiger partial charge in [-0.3, -0.25) is 5.41 Å². The number of aliphatic hydroxyl groups excluding tert-OH is 1. The van der Waals surface area contributed by atoms with E-state index in [0.717, 1.165) is 49.3 Å². The van der Waals surface area contributed by atoms with Crippen LogP contribution in [0.5, 0.6) is 0 Å². The summed E-state index contributed by atoms with van der Waals surface area (Å²) in [5, 5.41) is 14.4. The van der Waals surface area contributed by atoms with Crippen molar-refractivity contribution in [3.05, 3.63) is 106 Å². The molecule has 0 radical (unpaired) electrons. The van der Waals surface area contributed by atoms with Gasteiger partial charge in [-0.25, -0.2) is 4.39 Å². The predicted molar refractivity (Wildman–Crippen MR) is 139 cm³/mol. The molecule has 0 spiro atoms. The van der Waals surface area contributed by atoms with Gasteiger partial charge < -0.3 is 21.4 Å². The van der Waals surface area contributed by atoms with Crippen molar-refractivity contribution >= 4 is 12.1 Å². The highest BCUT2D eigenvalue weighted by atomic mass is 19.1. The molecule has 1 aliphatic rings. The van der Waals surface area contributed by atoms with Crippen LogP contribution in [0.25, 0.3) is 0 Å². The van der Waals surface area contributed by atoms with Gasteiger partial charge in [-0.15, -0.1) is 0 Å². The first-order chi connectivity index (χ1) is 17.0. The number of nitrogens with two attached hydrogens (primary N) is 2. The van der Waals surface area contributed by atoms with E-state index in [4.69, 9.17) is 22.0 Å². The van der Waals surface area contributed by atoms with Crippen molar-refractivity contribution in [2.24, 2.45) is 11.5 Å². The predicted octanol–water partition coefficient (Wildman–Crippen LogP) is 3.73. The van der Waals surface area contributed by atoms with Crippen LogP contribution in [0.4, 0.5) is 4.39 Å². The Bertz CT molecular complexity index is 1160. The second-order valence-electron chi connectivity index (χ2n) is 8.11. The molecule has 0 saturated heterocycles. The number of benzene rings is 3. The highest BCUT2D eigenvalue weighted by Gasteiger charge is 2.43. The van der Waals surface area contributed by atoms with E-state index in [1.807, 2.05) is 12.1 Å². The van der Waals surface area contributed by atoms with Crippen molar-refractivity contribution in [1.82, 2.24) is 0 Å². The van der Waals surface area contributed by atoms with E-state index in [2.05, 4.69) is 36.1 Å². The third kappa shape index (κ3) is 8.49. The first-order valence-corrected chi connectivity index (χ1v) is 11.3. The third-order valence-corrected chi connectivity index (χ3v) is 5.59. The zero-order chi connectivity index (χ0) is 25.7. The van der Waals surface area contributed by atoms with Crippen LogP contribution in [-0.4, -0.2) is 30.9 Å². The van der Waals surface area contributed by atoms with Crippen LogP contribution in [0.2, 0.25) is 0 Å². The largest absolute Gasteiger partial charge is 0.400 e. The van der Waals surface area contributed by atoms with Gasteiger partial charge in [0, 0.05) is 24.7 Å². The highest BCUT2D eigenvalue weighted by Crippen LogP contribution is 2.46. The summed E-state index contributed by atoms with van der Waals surface area (Å²) >= 11 is 0. The normalized spacial score (nSPS) is 12.5. The molecule has 0 amide bonds. The van der Waals surface area contributed by atoms with Gasteiger partial charge in [-0.1, -0.05) is 60.4 Å². The number of hydrogen-bond donors (Lipinski definition) is 4. The molecule has 3 aromatic carbocycles. The summed E-state index contributed by atoms with van der Waals surface area (Å²) in [5.41, 5.74) is 15.6. The standard InChI is InChI=1S/C16H13FN2.C12H15NO.CH4O/c17-15-9-7-12(8-10-15)3-1-4-13-5-2-6-14(11-13)16(18)19;13-8-5-10-1-3-11(4-2-10)12(9-14)6-7-12;1-2/h2,5-11H,3H2,(H3,18,19);1-4,9H,5-8,13H2;2H,1H3. The number of rotatable bonds is 6. The Morgan fingerprint density at radius 2 is 1.69 bits per heavy atom. The van der Waals surface area contributed by atoms with Crippen molar-refractivity contribution in [1.29, 1.82) is 5.41 Å². The van der Waals surface area contributed by atoms with E-state index in [9.17, 15) is 9.18 Å². The first-order valence-electron chi connectivity index (χ1n) is 11.3. The second kappa shape index (κ2) is 13.8. The van der Waals surface area contributed by atoms with Gasteiger partial charge in [0.15, 0.2) is 0 Å². The lowest BCUT2D eigenvalue weighted by Crippen LogP contribution is -2.10. The summed E-state index contributed by atoms with van der Waals surface area (Å²) in [4.78, 5) is 10.9. The molecule has 0 aromatic heterocycles. The Morgan fingerprint density at radius 1 is 1.06 bits per heavy atom. The molecule has 0 heterocycles. The van der Waals surface area contributed by atoms with Crippen LogP contribution in [-0.2, 0) is 23.1 Å². The minimum Gasteiger partial charge on any atom is -0.400 e. The first kappa shape index (κ1) is 27.5. The molecule has 3 aromatic rings. The number of halogens is 1. The average Bonchev–Trinajstić information content (AvgIpc) is 3.69. The molecular formula is C29H32FN3O2. The number of nitrogens with one attached hydrogen (secondary N) is 1. The average molecular weight is 474 g/mol. The number of hydrogen-bond acceptors (Lipinski definition) is 4. The van der Waals surface area contributed by atoms with Crippen LogP contribution in [0.15, 0.2) is 72.8 Å². The van der Waals surface area contributed by atoms with Crippen LogP contribution >= 0.6 is 0 Å². The van der Waals surface area contributed by atoms with Crippen molar-refractivity contribution in [2.75, 3.05) is 13.7 Å². The van der Waals surface area contributed by atoms with E-state index in [1.54, 1.807) is 24.3 Å². The molecule has 0 unspecified atom stereocenters. The Kier molecular flexibility index (Phi) is 10.8. The maximum atomic E-state index is 12.7. The molecule has 1 fully saturated rings. The molecule has 1 saturated carbocycles. The van der Waals surface area contributed by atoms with Gasteiger partial charge in [0.05, 0.1) is 5.41 Å². The summed E-state index contributed by atoms with van der Waals surface area (Å²) in [7, 11) is 1.00. The van der Waals surface area contributed by atoms with Crippen LogP contribution < -0.4 is 11.5 Å². The van der Waals surface area contributed by atoms with Gasteiger partial charge in [0.1, 0.15) is 17.9 Å². The molecule has 6 heteroatoms. The molecular weight excluding hydrogens is 441 g/mol. The fourth-order valence-corrected chi connectivity index (χ4v) is 3.39. The molecule has 182 valence electrons. The van der Waals surface area contributed by atoms with E-state index in [0.29, 0.717) is 18.5 Å². The minimum atomic E-state index is -0.245. The lowest BCUT2D eigenvalue weighted by Gasteiger charge is -2.07. The maximum absolute atomic E-state index is 12.7. The lowest BCUT2D eigenvalue weighted by atomic mass is 9.96. The molecule has 0 bridgehead atoms. The maximum Gasteiger partial charge on any atom is 0.130 e. The molecule has 0 atom stereocenters. The molecule has 35 heavy (non-hydrogen) atoms. The second-order valence-corrected chi connectivity index (χ2v) is 8.11. The fraction of sp³-hybridized carbons (Fsp3) is 0.241. The zero-order valence-electron chi connectivity index (χ0n) is 19.9. The van der Waals surface area contributed by atoms with E-state index in [1.165, 1.54) is 17.7 Å². The molecule has 0 aliphatic heterocycles. The van der Waals surface area contributed by atoms with E-state index in [-0.39, 0.29) is 17.1 Å². The van der Waals surface area contributed by atoms with Crippen molar-refractivity contribution in [3.8, 4) is 11.8 Å². The number of aliphatic hydroxyl groups is 1. The van der Waals surface area contributed by atoms with Crippen LogP contribution in [0.3, 0.4) is 0 Å². The summed E-state index contributed by atoms with van der Waals surface area (Å²) in [6.07, 6.45) is 4.57. The lowest BCUT2D eigenvalue weighted by molar-refractivity contribution is -0.109. The summed E-state index contributed by atoms with van der Waals surface area (Å²) < 4.78 is 12.7. The van der Waals surface area contributed by atoms with Gasteiger partial charge in [-0.05, 0) is 66.8 Å². The van der Waals surface area contributed by atoms with Gasteiger partial charge in [0.2, 0.25) is 0 Å². The topological polar surface area (TPSA) is 113 Å². The van der Waals surface area contributed by atoms with Crippen LogP contribution in [0, 0.1) is 23.1 Å². The molecule has 6 N–H and O–H groups in total. The highest BCUT2D eigenvalue weighted by molar-refractivity contribution is 5.95. The summed E-state index contributed by atoms with van der Waals surface area (Å²) in [6.45, 7) is 0.679. The summed E-state index contributed by atoms with van der Waals surface area (Å²) in [6, 6.07) is 21.8. The molecule has 1 aliphatic carbocycles. The Balaban J connectivity index is 0.000000239. The number of nitrogen functional groups attached to an aromatic ring is 1. The fourth-order valence-electron chi connectivity index (χ4n) is 3.39. The van der Waals surface area contributed by atoms with Crippen molar-refractivity contribution in [2.45, 2.75) is 31.1 Å². The van der Waals surface area contributed by atoms with Gasteiger partial charge in [0.25, 0.3) is 0 Å². The van der Waals surface area contributed by atoms with Crippen molar-refractivity contribution < 1.29 is 14.3 Å². The minimum absolute atomic E-state index is 0.0298. The number of carbonyl (C=O) groups is 1. The van der Waals surface area contributed by atoms with Crippen LogP contribution in [0.1, 0.15) is 40.7 Å².